The molecule has 1 rings (SSSR count). The average Bonchev–Trinajstić information content (AvgIpc) is 1.95. The van der Waals surface area contributed by atoms with E-state index in [9.17, 15) is 0 Å². The summed E-state index contributed by atoms with van der Waals surface area (Å²) in [6.45, 7) is 0.571. The third-order valence-corrected chi connectivity index (χ3v) is 1.48. The van der Waals surface area contributed by atoms with E-state index in [4.69, 9.17) is 17.3 Å². The molecule has 10 heavy (non-hydrogen) atoms. The molecule has 1 aromatic carbocycles. The Labute approximate surface area is 65.8 Å². The SMILES string of the molecule is NC[CH]c1ccc(Cl)cc1. The van der Waals surface area contributed by atoms with Gasteiger partial charge in [0.25, 0.3) is 0 Å². The second kappa shape index (κ2) is 3.59. The maximum Gasteiger partial charge on any atom is 0.0406 e. The van der Waals surface area contributed by atoms with Crippen LogP contribution in [0.4, 0.5) is 0 Å². The second-order valence-corrected chi connectivity index (χ2v) is 2.43. The molecule has 53 valence electrons. The van der Waals surface area contributed by atoms with Crippen LogP contribution in [-0.2, 0) is 0 Å². The highest BCUT2D eigenvalue weighted by Crippen LogP contribution is 2.09. The highest BCUT2D eigenvalue weighted by atomic mass is 35.5. The second-order valence-electron chi connectivity index (χ2n) is 1.99. The molecule has 0 unspecified atom stereocenters. The number of benzene rings is 1. The van der Waals surface area contributed by atoms with Gasteiger partial charge in [-0.25, -0.2) is 0 Å². The largest absolute Gasteiger partial charge is 0.330 e. The number of rotatable bonds is 2. The van der Waals surface area contributed by atoms with Gasteiger partial charge in [-0.2, -0.15) is 0 Å². The molecule has 1 nitrogen and oxygen atoms in total. The topological polar surface area (TPSA) is 26.0 Å². The highest BCUT2D eigenvalue weighted by Gasteiger charge is 1.89. The van der Waals surface area contributed by atoms with Crippen LogP contribution in [0.2, 0.25) is 5.02 Å². The summed E-state index contributed by atoms with van der Waals surface area (Å²) in [6.07, 6.45) is 1.94. The quantitative estimate of drug-likeness (QED) is 0.692. The number of nitrogens with two attached hydrogens (primary N) is 1. The van der Waals surface area contributed by atoms with Gasteiger partial charge in [0.15, 0.2) is 0 Å². The summed E-state index contributed by atoms with van der Waals surface area (Å²) in [7, 11) is 0. The summed E-state index contributed by atoms with van der Waals surface area (Å²) in [5, 5.41) is 0.758. The van der Waals surface area contributed by atoms with Crippen molar-refractivity contribution in [3.63, 3.8) is 0 Å². The van der Waals surface area contributed by atoms with Gasteiger partial charge in [0.05, 0.1) is 0 Å². The van der Waals surface area contributed by atoms with Gasteiger partial charge < -0.3 is 5.73 Å². The molecule has 1 aromatic rings. The van der Waals surface area contributed by atoms with E-state index in [2.05, 4.69) is 0 Å². The fourth-order valence-corrected chi connectivity index (χ4v) is 0.861. The van der Waals surface area contributed by atoms with Gasteiger partial charge in [-0.3, -0.25) is 0 Å². The average molecular weight is 155 g/mol. The lowest BCUT2D eigenvalue weighted by Crippen LogP contribution is -1.99. The lowest BCUT2D eigenvalue weighted by Gasteiger charge is -1.95. The van der Waals surface area contributed by atoms with Gasteiger partial charge in [-0.05, 0) is 24.2 Å². The summed E-state index contributed by atoms with van der Waals surface area (Å²) in [6, 6.07) is 7.58. The molecule has 0 aliphatic heterocycles. The minimum Gasteiger partial charge on any atom is -0.330 e. The molecule has 0 fully saturated rings. The van der Waals surface area contributed by atoms with Crippen LogP contribution in [0.15, 0.2) is 24.3 Å². The van der Waals surface area contributed by atoms with E-state index in [1.54, 1.807) is 0 Å². The molecule has 2 N–H and O–H groups in total. The van der Waals surface area contributed by atoms with Crippen molar-refractivity contribution in [2.24, 2.45) is 5.73 Å². The van der Waals surface area contributed by atoms with Crippen molar-refractivity contribution in [1.82, 2.24) is 0 Å². The molecule has 1 radical (unpaired) electrons. The zero-order valence-corrected chi connectivity index (χ0v) is 6.31. The molecule has 0 bridgehead atoms. The Balaban J connectivity index is 2.69. The van der Waals surface area contributed by atoms with Crippen molar-refractivity contribution in [2.45, 2.75) is 0 Å². The monoisotopic (exact) mass is 154 g/mol. The van der Waals surface area contributed by atoms with Crippen molar-refractivity contribution in [3.8, 4) is 0 Å². The standard InChI is InChI=1S/C8H9ClN/c9-8-3-1-7(2-4-8)5-6-10/h1-5H,6,10H2. The Bertz CT molecular complexity index is 193. The van der Waals surface area contributed by atoms with E-state index >= 15 is 0 Å². The predicted molar refractivity (Wildman–Crippen MR) is 43.9 cm³/mol. The van der Waals surface area contributed by atoms with Gasteiger partial charge in [-0.15, -0.1) is 0 Å². The van der Waals surface area contributed by atoms with Crippen LogP contribution < -0.4 is 5.73 Å². The molecule has 0 aliphatic carbocycles. The van der Waals surface area contributed by atoms with Crippen LogP contribution >= 0.6 is 11.6 Å². The minimum absolute atomic E-state index is 0.571. The molecule has 0 aromatic heterocycles. The van der Waals surface area contributed by atoms with Crippen molar-refractivity contribution < 1.29 is 0 Å². The first-order valence-electron chi connectivity index (χ1n) is 3.12. The lowest BCUT2D eigenvalue weighted by molar-refractivity contribution is 1.16. The predicted octanol–water partition coefficient (Wildman–Crippen LogP) is 1.85. The van der Waals surface area contributed by atoms with Crippen LogP contribution in [0.3, 0.4) is 0 Å². The van der Waals surface area contributed by atoms with E-state index in [0.29, 0.717) is 6.54 Å². The van der Waals surface area contributed by atoms with E-state index in [1.807, 2.05) is 30.7 Å². The number of hydrogen-bond donors (Lipinski definition) is 1. The van der Waals surface area contributed by atoms with Crippen molar-refractivity contribution in [3.05, 3.63) is 41.3 Å². The zero-order valence-electron chi connectivity index (χ0n) is 5.55. The molecule has 0 saturated heterocycles. The molecular weight excluding hydrogens is 146 g/mol. The van der Waals surface area contributed by atoms with Gasteiger partial charge in [0.1, 0.15) is 0 Å². The van der Waals surface area contributed by atoms with E-state index < -0.39 is 0 Å². The maximum atomic E-state index is 5.67. The van der Waals surface area contributed by atoms with Crippen LogP contribution in [0.1, 0.15) is 5.56 Å². The van der Waals surface area contributed by atoms with Crippen molar-refractivity contribution >= 4 is 11.6 Å². The molecule has 0 spiro atoms. The Morgan fingerprint density at radius 2 is 1.90 bits per heavy atom. The molecule has 0 heterocycles. The molecule has 0 amide bonds. The van der Waals surface area contributed by atoms with Gasteiger partial charge >= 0.3 is 0 Å². The van der Waals surface area contributed by atoms with Gasteiger partial charge in [0, 0.05) is 11.4 Å². The summed E-state index contributed by atoms with van der Waals surface area (Å²) in [5.74, 6) is 0. The number of hydrogen-bond acceptors (Lipinski definition) is 1. The third-order valence-electron chi connectivity index (χ3n) is 1.22. The van der Waals surface area contributed by atoms with Crippen LogP contribution in [-0.4, -0.2) is 6.54 Å². The van der Waals surface area contributed by atoms with Crippen LogP contribution in [0, 0.1) is 6.42 Å². The summed E-state index contributed by atoms with van der Waals surface area (Å²) >= 11 is 5.67. The zero-order chi connectivity index (χ0) is 7.40. The van der Waals surface area contributed by atoms with Crippen molar-refractivity contribution in [1.29, 1.82) is 0 Å². The van der Waals surface area contributed by atoms with Gasteiger partial charge in [0.2, 0.25) is 0 Å². The fourth-order valence-electron chi connectivity index (χ4n) is 0.735. The van der Waals surface area contributed by atoms with Crippen LogP contribution in [0.5, 0.6) is 0 Å². The first kappa shape index (κ1) is 7.58. The van der Waals surface area contributed by atoms with Gasteiger partial charge in [-0.1, -0.05) is 23.7 Å². The normalized spacial score (nSPS) is 9.80. The number of halogens is 1. The Kier molecular flexibility index (Phi) is 2.72. The van der Waals surface area contributed by atoms with E-state index in [1.165, 1.54) is 0 Å². The molecule has 0 atom stereocenters. The van der Waals surface area contributed by atoms with E-state index in [-0.39, 0.29) is 0 Å². The summed E-state index contributed by atoms with van der Waals surface area (Å²) in [4.78, 5) is 0. The Hall–Kier alpha value is -0.530. The molecule has 2 heteroatoms. The van der Waals surface area contributed by atoms with Crippen molar-refractivity contribution in [2.75, 3.05) is 6.54 Å². The smallest absolute Gasteiger partial charge is 0.0406 e. The van der Waals surface area contributed by atoms with E-state index in [0.717, 1.165) is 10.6 Å². The molecule has 0 saturated carbocycles. The highest BCUT2D eigenvalue weighted by molar-refractivity contribution is 6.30. The van der Waals surface area contributed by atoms with Crippen LogP contribution in [0.25, 0.3) is 0 Å². The maximum absolute atomic E-state index is 5.67. The first-order valence-corrected chi connectivity index (χ1v) is 3.49. The fraction of sp³-hybridized carbons (Fsp3) is 0.125. The lowest BCUT2D eigenvalue weighted by atomic mass is 10.2. The molecule has 0 aliphatic rings. The third kappa shape index (κ3) is 2.01. The first-order chi connectivity index (χ1) is 4.83. The Morgan fingerprint density at radius 1 is 1.30 bits per heavy atom. The summed E-state index contributed by atoms with van der Waals surface area (Å²) < 4.78 is 0. The summed E-state index contributed by atoms with van der Waals surface area (Å²) in [5.41, 5.74) is 6.43. The minimum atomic E-state index is 0.571. The molecular formula is C8H9ClN. The Morgan fingerprint density at radius 3 is 2.40 bits per heavy atom.